The number of hydrogen-bond donors (Lipinski definition) is 0. The highest BCUT2D eigenvalue weighted by molar-refractivity contribution is 5.83. The van der Waals surface area contributed by atoms with E-state index in [2.05, 4.69) is 27.7 Å². The Morgan fingerprint density at radius 3 is 1.76 bits per heavy atom. The lowest BCUT2D eigenvalue weighted by molar-refractivity contribution is -0.127. The number of Topliss-reactive ketones (excluding diaryl/α,β-unsaturated/α-hetero) is 2. The van der Waals surface area contributed by atoms with Gasteiger partial charge in [-0.1, -0.05) is 69.2 Å². The van der Waals surface area contributed by atoms with E-state index >= 15 is 0 Å². The summed E-state index contributed by atoms with van der Waals surface area (Å²) in [5.74, 6) is 5.27. The second-order valence-electron chi connectivity index (χ2n) is 11.0. The van der Waals surface area contributed by atoms with Crippen LogP contribution in [0.5, 0.6) is 0 Å². The van der Waals surface area contributed by atoms with E-state index in [1.165, 1.54) is 32.1 Å². The van der Waals surface area contributed by atoms with Gasteiger partial charge in [-0.15, -0.1) is 0 Å². The molecule has 2 saturated carbocycles. The van der Waals surface area contributed by atoms with Crippen LogP contribution in [-0.2, 0) is 9.59 Å². The second-order valence-corrected chi connectivity index (χ2v) is 11.0. The smallest absolute Gasteiger partial charge is 0.138 e. The molecule has 2 rings (SSSR count). The van der Waals surface area contributed by atoms with Gasteiger partial charge in [0.05, 0.1) is 0 Å². The molecule has 2 nitrogen and oxygen atoms in total. The van der Waals surface area contributed by atoms with Gasteiger partial charge in [0.15, 0.2) is 0 Å². The molecule has 4 unspecified atom stereocenters. The van der Waals surface area contributed by atoms with Crippen LogP contribution in [0.1, 0.15) is 114 Å². The zero-order valence-electron chi connectivity index (χ0n) is 20.1. The quantitative estimate of drug-likeness (QED) is 0.408. The first-order valence-electron chi connectivity index (χ1n) is 12.1. The largest absolute Gasteiger partial charge is 0.299 e. The van der Waals surface area contributed by atoms with Gasteiger partial charge in [0.1, 0.15) is 11.6 Å². The van der Waals surface area contributed by atoms with Gasteiger partial charge in [-0.05, 0) is 68.6 Å². The van der Waals surface area contributed by atoms with Crippen molar-refractivity contribution in [3.8, 4) is 0 Å². The molecule has 29 heavy (non-hydrogen) atoms. The SMILES string of the molecule is C.CC(C)CC1CCC(C(=O)C(C)C)C1.CC(C)CC1CCCC1C(=O)C(C)C. The topological polar surface area (TPSA) is 34.1 Å². The number of ketones is 2. The van der Waals surface area contributed by atoms with Crippen LogP contribution < -0.4 is 0 Å². The third-order valence-corrected chi connectivity index (χ3v) is 6.69. The molecule has 0 bridgehead atoms. The fourth-order valence-electron chi connectivity index (χ4n) is 5.41. The lowest BCUT2D eigenvalue weighted by atomic mass is 9.82. The van der Waals surface area contributed by atoms with Gasteiger partial charge < -0.3 is 0 Å². The fraction of sp³-hybridized carbons (Fsp3) is 0.926. The van der Waals surface area contributed by atoms with Gasteiger partial charge >= 0.3 is 0 Å². The lowest BCUT2D eigenvalue weighted by Gasteiger charge is -2.21. The molecule has 0 saturated heterocycles. The Labute approximate surface area is 183 Å². The standard InChI is InChI=1S/2C13H24O.CH4/c1-9(2)7-11-5-6-12(8-11)13(14)10(3)4;1-9(2)8-11-6-5-7-12(11)13(14)10(3)4;/h2*9-12H,5-8H2,1-4H3;1H4. The minimum absolute atomic E-state index is 0. The molecule has 0 aromatic heterocycles. The molecule has 0 spiro atoms. The van der Waals surface area contributed by atoms with E-state index in [1.54, 1.807) is 0 Å². The van der Waals surface area contributed by atoms with Crippen molar-refractivity contribution in [3.05, 3.63) is 0 Å². The fourth-order valence-corrected chi connectivity index (χ4v) is 5.41. The minimum atomic E-state index is 0. The van der Waals surface area contributed by atoms with Crippen LogP contribution in [-0.4, -0.2) is 11.6 Å². The maximum Gasteiger partial charge on any atom is 0.138 e. The van der Waals surface area contributed by atoms with Crippen LogP contribution >= 0.6 is 0 Å². The van der Waals surface area contributed by atoms with Crippen LogP contribution in [0.2, 0.25) is 0 Å². The maximum absolute atomic E-state index is 11.9. The summed E-state index contributed by atoms with van der Waals surface area (Å²) in [7, 11) is 0. The summed E-state index contributed by atoms with van der Waals surface area (Å²) in [5.41, 5.74) is 0. The van der Waals surface area contributed by atoms with Crippen molar-refractivity contribution in [2.75, 3.05) is 0 Å². The highest BCUT2D eigenvalue weighted by atomic mass is 16.1. The van der Waals surface area contributed by atoms with Gasteiger partial charge in [-0.25, -0.2) is 0 Å². The van der Waals surface area contributed by atoms with E-state index in [-0.39, 0.29) is 19.3 Å². The normalized spacial score (nSPS) is 26.6. The van der Waals surface area contributed by atoms with Crippen molar-refractivity contribution in [3.63, 3.8) is 0 Å². The maximum atomic E-state index is 11.9. The molecular weight excluding hydrogens is 356 g/mol. The zero-order chi connectivity index (χ0) is 21.4. The second kappa shape index (κ2) is 13.6. The Hall–Kier alpha value is -0.660. The summed E-state index contributed by atoms with van der Waals surface area (Å²) >= 11 is 0. The van der Waals surface area contributed by atoms with E-state index in [0.717, 1.165) is 37.0 Å². The van der Waals surface area contributed by atoms with E-state index in [4.69, 9.17) is 0 Å². The Bertz CT molecular complexity index is 475. The number of carbonyl (C=O) groups excluding carboxylic acids is 2. The Kier molecular flexibility index (Phi) is 13.3. The van der Waals surface area contributed by atoms with Gasteiger partial charge in [0.2, 0.25) is 0 Å². The van der Waals surface area contributed by atoms with Gasteiger partial charge in [0.25, 0.3) is 0 Å². The Morgan fingerprint density at radius 1 is 0.724 bits per heavy atom. The summed E-state index contributed by atoms with van der Waals surface area (Å²) in [6.07, 6.45) is 9.83. The van der Waals surface area contributed by atoms with Crippen molar-refractivity contribution in [2.24, 2.45) is 47.3 Å². The molecule has 0 radical (unpaired) electrons. The first kappa shape index (κ1) is 28.3. The molecule has 2 heteroatoms. The van der Waals surface area contributed by atoms with E-state index < -0.39 is 0 Å². The lowest BCUT2D eigenvalue weighted by Crippen LogP contribution is -2.24. The zero-order valence-corrected chi connectivity index (χ0v) is 20.1. The molecule has 0 aliphatic heterocycles. The highest BCUT2D eigenvalue weighted by Crippen LogP contribution is 2.38. The third kappa shape index (κ3) is 9.79. The molecule has 0 N–H and O–H groups in total. The van der Waals surface area contributed by atoms with Gasteiger partial charge in [-0.3, -0.25) is 9.59 Å². The van der Waals surface area contributed by atoms with E-state index in [0.29, 0.717) is 29.3 Å². The number of hydrogen-bond acceptors (Lipinski definition) is 2. The average molecular weight is 409 g/mol. The van der Waals surface area contributed by atoms with Crippen LogP contribution in [0.3, 0.4) is 0 Å². The summed E-state index contributed by atoms with van der Waals surface area (Å²) in [6.45, 7) is 17.2. The van der Waals surface area contributed by atoms with Crippen LogP contribution in [0, 0.1) is 47.3 Å². The summed E-state index contributed by atoms with van der Waals surface area (Å²) in [4.78, 5) is 23.7. The predicted molar refractivity (Wildman–Crippen MR) is 127 cm³/mol. The Morgan fingerprint density at radius 2 is 1.28 bits per heavy atom. The first-order valence-corrected chi connectivity index (χ1v) is 12.1. The first-order chi connectivity index (χ1) is 13.0. The van der Waals surface area contributed by atoms with Crippen LogP contribution in [0.4, 0.5) is 0 Å². The molecule has 2 aliphatic rings. The molecule has 0 heterocycles. The van der Waals surface area contributed by atoms with Crippen molar-refractivity contribution in [2.45, 2.75) is 114 Å². The van der Waals surface area contributed by atoms with E-state index in [1.807, 2.05) is 27.7 Å². The molecule has 0 aromatic carbocycles. The molecule has 4 atom stereocenters. The molecule has 2 aliphatic carbocycles. The van der Waals surface area contributed by atoms with Crippen LogP contribution in [0.15, 0.2) is 0 Å². The molecule has 0 amide bonds. The van der Waals surface area contributed by atoms with Crippen LogP contribution in [0.25, 0.3) is 0 Å². The molecule has 0 aromatic rings. The van der Waals surface area contributed by atoms with Gasteiger partial charge in [-0.2, -0.15) is 0 Å². The summed E-state index contributed by atoms with van der Waals surface area (Å²) < 4.78 is 0. The summed E-state index contributed by atoms with van der Waals surface area (Å²) in [5, 5.41) is 0. The molecule has 2 fully saturated rings. The summed E-state index contributed by atoms with van der Waals surface area (Å²) in [6, 6.07) is 0. The monoisotopic (exact) mass is 408 g/mol. The molecular formula is C27H52O2. The van der Waals surface area contributed by atoms with Crippen molar-refractivity contribution < 1.29 is 9.59 Å². The predicted octanol–water partition coefficient (Wildman–Crippen LogP) is 7.98. The van der Waals surface area contributed by atoms with Gasteiger partial charge in [0, 0.05) is 23.7 Å². The minimum Gasteiger partial charge on any atom is -0.299 e. The third-order valence-electron chi connectivity index (χ3n) is 6.69. The highest BCUT2D eigenvalue weighted by Gasteiger charge is 2.34. The van der Waals surface area contributed by atoms with E-state index in [9.17, 15) is 9.59 Å². The number of carbonyl (C=O) groups is 2. The van der Waals surface area contributed by atoms with Crippen molar-refractivity contribution in [1.29, 1.82) is 0 Å². The molecule has 172 valence electrons. The van der Waals surface area contributed by atoms with Crippen molar-refractivity contribution >= 4 is 11.6 Å². The number of rotatable bonds is 8. The Balaban J connectivity index is 0.000000523. The van der Waals surface area contributed by atoms with Crippen molar-refractivity contribution in [1.82, 2.24) is 0 Å². The average Bonchev–Trinajstić information content (AvgIpc) is 3.22.